The van der Waals surface area contributed by atoms with Gasteiger partial charge in [0.25, 0.3) is 5.91 Å². The fourth-order valence-corrected chi connectivity index (χ4v) is 2.76. The zero-order chi connectivity index (χ0) is 17.2. The van der Waals surface area contributed by atoms with Gasteiger partial charge in [0.1, 0.15) is 0 Å². The quantitative estimate of drug-likeness (QED) is 0.865. The van der Waals surface area contributed by atoms with Crippen molar-refractivity contribution in [3.05, 3.63) is 48.0 Å². The van der Waals surface area contributed by atoms with Gasteiger partial charge in [-0.05, 0) is 43.3 Å². The first-order valence-corrected chi connectivity index (χ1v) is 8.93. The van der Waals surface area contributed by atoms with E-state index >= 15 is 0 Å². The molecule has 0 radical (unpaired) electrons. The summed E-state index contributed by atoms with van der Waals surface area (Å²) in [5, 5.41) is 2.75. The minimum absolute atomic E-state index is 0.0145. The predicted molar refractivity (Wildman–Crippen MR) is 90.0 cm³/mol. The lowest BCUT2D eigenvalue weighted by molar-refractivity contribution is 0.102. The van der Waals surface area contributed by atoms with Gasteiger partial charge in [0.15, 0.2) is 11.5 Å². The fraction of sp³-hybridized carbons (Fsp3) is 0.188. The Bertz CT molecular complexity index is 863. The van der Waals surface area contributed by atoms with Crippen LogP contribution in [0, 0.1) is 0 Å². The van der Waals surface area contributed by atoms with Crippen molar-refractivity contribution in [2.75, 3.05) is 22.6 Å². The summed E-state index contributed by atoms with van der Waals surface area (Å²) >= 11 is 0. The molecule has 1 amide bonds. The smallest absolute Gasteiger partial charge is 0.255 e. The van der Waals surface area contributed by atoms with E-state index in [-0.39, 0.29) is 18.5 Å². The number of anilines is 2. The highest BCUT2D eigenvalue weighted by molar-refractivity contribution is 7.92. The molecule has 0 unspecified atom stereocenters. The van der Waals surface area contributed by atoms with E-state index in [1.807, 2.05) is 0 Å². The van der Waals surface area contributed by atoms with Crippen molar-refractivity contribution in [1.82, 2.24) is 0 Å². The van der Waals surface area contributed by atoms with Crippen molar-refractivity contribution in [1.29, 1.82) is 0 Å². The normalized spacial score (nSPS) is 12.7. The van der Waals surface area contributed by atoms with E-state index in [0.29, 0.717) is 28.4 Å². The Labute approximate surface area is 139 Å². The van der Waals surface area contributed by atoms with Crippen molar-refractivity contribution in [2.45, 2.75) is 6.92 Å². The maximum atomic E-state index is 12.2. The molecule has 1 heterocycles. The van der Waals surface area contributed by atoms with Gasteiger partial charge in [-0.25, -0.2) is 8.42 Å². The molecule has 7 nitrogen and oxygen atoms in total. The highest BCUT2D eigenvalue weighted by Gasteiger charge is 2.15. The van der Waals surface area contributed by atoms with Gasteiger partial charge in [-0.15, -0.1) is 0 Å². The highest BCUT2D eigenvalue weighted by Crippen LogP contribution is 2.34. The summed E-state index contributed by atoms with van der Waals surface area (Å²) in [7, 11) is -3.34. The van der Waals surface area contributed by atoms with Crippen LogP contribution in [0.1, 0.15) is 17.3 Å². The van der Waals surface area contributed by atoms with Gasteiger partial charge in [-0.3, -0.25) is 9.52 Å². The highest BCUT2D eigenvalue weighted by atomic mass is 32.2. The third-order valence-corrected chi connectivity index (χ3v) is 4.74. The Morgan fingerprint density at radius 1 is 1.04 bits per heavy atom. The van der Waals surface area contributed by atoms with Crippen LogP contribution >= 0.6 is 0 Å². The molecule has 0 aromatic heterocycles. The van der Waals surface area contributed by atoms with E-state index in [1.165, 1.54) is 0 Å². The number of hydrogen-bond donors (Lipinski definition) is 2. The molecule has 0 saturated carbocycles. The van der Waals surface area contributed by atoms with Crippen LogP contribution in [0.15, 0.2) is 42.5 Å². The molecule has 0 atom stereocenters. The Hall–Kier alpha value is -2.74. The second-order valence-corrected chi connectivity index (χ2v) is 7.12. The summed E-state index contributed by atoms with van der Waals surface area (Å²) in [6, 6.07) is 11.3. The first-order chi connectivity index (χ1) is 11.5. The summed E-state index contributed by atoms with van der Waals surface area (Å²) in [4.78, 5) is 12.2. The van der Waals surface area contributed by atoms with E-state index in [9.17, 15) is 13.2 Å². The molecule has 24 heavy (non-hydrogen) atoms. The summed E-state index contributed by atoms with van der Waals surface area (Å²) in [5.41, 5.74) is 1.41. The van der Waals surface area contributed by atoms with Gasteiger partial charge < -0.3 is 14.8 Å². The number of fused-ring (bicyclic) bond motifs is 1. The molecular weight excluding hydrogens is 332 g/mol. The lowest BCUT2D eigenvalue weighted by Gasteiger charge is -2.08. The first kappa shape index (κ1) is 16.1. The molecule has 0 spiro atoms. The molecule has 1 aliphatic heterocycles. The van der Waals surface area contributed by atoms with E-state index in [0.717, 1.165) is 0 Å². The SMILES string of the molecule is CCS(=O)(=O)Nc1ccc(C(=O)Nc2ccc3c(c2)OCO3)cc1. The number of rotatable bonds is 5. The monoisotopic (exact) mass is 348 g/mol. The van der Waals surface area contributed by atoms with Gasteiger partial charge in [0.05, 0.1) is 5.75 Å². The van der Waals surface area contributed by atoms with Gasteiger partial charge >= 0.3 is 0 Å². The van der Waals surface area contributed by atoms with Crippen molar-refractivity contribution < 1.29 is 22.7 Å². The van der Waals surface area contributed by atoms with Crippen LogP contribution in [0.4, 0.5) is 11.4 Å². The van der Waals surface area contributed by atoms with Gasteiger partial charge in [0, 0.05) is 23.0 Å². The van der Waals surface area contributed by atoms with Gasteiger partial charge in [-0.1, -0.05) is 0 Å². The van der Waals surface area contributed by atoms with Crippen LogP contribution < -0.4 is 19.5 Å². The summed E-state index contributed by atoms with van der Waals surface area (Å²) in [6.07, 6.45) is 0. The van der Waals surface area contributed by atoms with Crippen LogP contribution in [0.3, 0.4) is 0 Å². The number of benzene rings is 2. The second-order valence-electron chi connectivity index (χ2n) is 5.11. The van der Waals surface area contributed by atoms with E-state index in [4.69, 9.17) is 9.47 Å². The topological polar surface area (TPSA) is 93.7 Å². The number of amides is 1. The summed E-state index contributed by atoms with van der Waals surface area (Å²) in [5.74, 6) is 0.899. The minimum atomic E-state index is -3.34. The molecule has 3 rings (SSSR count). The first-order valence-electron chi connectivity index (χ1n) is 7.28. The van der Waals surface area contributed by atoms with Crippen molar-refractivity contribution in [2.24, 2.45) is 0 Å². The van der Waals surface area contributed by atoms with Crippen LogP contribution in [0.2, 0.25) is 0 Å². The molecule has 0 bridgehead atoms. The number of hydrogen-bond acceptors (Lipinski definition) is 5. The minimum Gasteiger partial charge on any atom is -0.454 e. The molecule has 2 aromatic carbocycles. The summed E-state index contributed by atoms with van der Waals surface area (Å²) in [6.45, 7) is 1.72. The number of sulfonamides is 1. The van der Waals surface area contributed by atoms with E-state index in [1.54, 1.807) is 49.4 Å². The number of nitrogens with one attached hydrogen (secondary N) is 2. The predicted octanol–water partition coefficient (Wildman–Crippen LogP) is 2.43. The third-order valence-electron chi connectivity index (χ3n) is 3.43. The van der Waals surface area contributed by atoms with Gasteiger partial charge in [-0.2, -0.15) is 0 Å². The lowest BCUT2D eigenvalue weighted by atomic mass is 10.2. The summed E-state index contributed by atoms with van der Waals surface area (Å²) < 4.78 is 35.9. The molecule has 0 fully saturated rings. The third kappa shape index (κ3) is 3.60. The zero-order valence-corrected chi connectivity index (χ0v) is 13.7. The molecule has 0 aliphatic carbocycles. The molecule has 2 N–H and O–H groups in total. The lowest BCUT2D eigenvalue weighted by Crippen LogP contribution is -2.15. The number of ether oxygens (including phenoxy) is 2. The Morgan fingerprint density at radius 3 is 2.42 bits per heavy atom. The fourth-order valence-electron chi connectivity index (χ4n) is 2.12. The zero-order valence-electron chi connectivity index (χ0n) is 12.9. The van der Waals surface area contributed by atoms with Crippen LogP contribution in [0.5, 0.6) is 11.5 Å². The average Bonchev–Trinajstić information content (AvgIpc) is 3.03. The molecule has 126 valence electrons. The van der Waals surface area contributed by atoms with Crippen molar-refractivity contribution in [3.63, 3.8) is 0 Å². The Kier molecular flexibility index (Phi) is 4.30. The molecular formula is C16H16N2O5S. The molecule has 2 aromatic rings. The van der Waals surface area contributed by atoms with Crippen molar-refractivity contribution in [3.8, 4) is 11.5 Å². The largest absolute Gasteiger partial charge is 0.454 e. The van der Waals surface area contributed by atoms with E-state index in [2.05, 4.69) is 10.0 Å². The maximum absolute atomic E-state index is 12.2. The molecule has 8 heteroatoms. The Morgan fingerprint density at radius 2 is 1.71 bits per heavy atom. The van der Waals surface area contributed by atoms with Crippen molar-refractivity contribution >= 4 is 27.3 Å². The molecule has 1 aliphatic rings. The Balaban J connectivity index is 1.69. The maximum Gasteiger partial charge on any atom is 0.255 e. The van der Waals surface area contributed by atoms with Crippen LogP contribution in [0.25, 0.3) is 0 Å². The van der Waals surface area contributed by atoms with Crippen LogP contribution in [-0.2, 0) is 10.0 Å². The number of carbonyl (C=O) groups is 1. The number of carbonyl (C=O) groups excluding carboxylic acids is 1. The standard InChI is InChI=1S/C16H16N2O5S/c1-2-24(20,21)18-12-5-3-11(4-6-12)16(19)17-13-7-8-14-15(9-13)23-10-22-14/h3-9,18H,2,10H2,1H3,(H,17,19). The second kappa shape index (κ2) is 6.40. The van der Waals surface area contributed by atoms with E-state index < -0.39 is 10.0 Å². The molecule has 0 saturated heterocycles. The average molecular weight is 348 g/mol. The van der Waals surface area contributed by atoms with Gasteiger partial charge in [0.2, 0.25) is 16.8 Å². The van der Waals surface area contributed by atoms with Crippen LogP contribution in [-0.4, -0.2) is 26.9 Å².